The Labute approximate surface area is 122 Å². The summed E-state index contributed by atoms with van der Waals surface area (Å²) < 4.78 is 2.12. The maximum atomic E-state index is 4.61. The molecule has 0 bridgehead atoms. The zero-order valence-corrected chi connectivity index (χ0v) is 12.3. The third-order valence-corrected chi connectivity index (χ3v) is 4.06. The Balaban J connectivity index is 2.20. The monoisotopic (exact) mass is 281 g/mol. The molecule has 0 aliphatic rings. The van der Waals surface area contributed by atoms with Gasteiger partial charge in [0.15, 0.2) is 5.82 Å². The van der Waals surface area contributed by atoms with Crippen LogP contribution in [0.1, 0.15) is 5.56 Å². The molecule has 0 N–H and O–H groups in total. The van der Waals surface area contributed by atoms with Gasteiger partial charge in [-0.25, -0.2) is 3.96 Å². The van der Waals surface area contributed by atoms with E-state index in [0.717, 1.165) is 21.9 Å². The average molecular weight is 281 g/mol. The summed E-state index contributed by atoms with van der Waals surface area (Å²) in [5.74, 6) is 0.931. The summed E-state index contributed by atoms with van der Waals surface area (Å²) in [6.45, 7) is 2.09. The minimum Gasteiger partial charge on any atom is -0.260 e. The van der Waals surface area contributed by atoms with Crippen LogP contribution in [0.3, 0.4) is 0 Å². The molecule has 0 atom stereocenters. The third kappa shape index (κ3) is 2.42. The average Bonchev–Trinajstić information content (AvgIpc) is 2.93. The van der Waals surface area contributed by atoms with Gasteiger partial charge in [0.2, 0.25) is 4.80 Å². The maximum Gasteiger partial charge on any atom is 0.222 e. The van der Waals surface area contributed by atoms with Crippen LogP contribution in [0, 0.1) is 6.92 Å². The van der Waals surface area contributed by atoms with E-state index < -0.39 is 0 Å². The van der Waals surface area contributed by atoms with E-state index in [-0.39, 0.29) is 0 Å². The molecule has 1 aromatic heterocycles. The number of benzene rings is 2. The zero-order chi connectivity index (χ0) is 13.9. The molecule has 0 aliphatic carbocycles. The van der Waals surface area contributed by atoms with Crippen molar-refractivity contribution >= 4 is 11.5 Å². The van der Waals surface area contributed by atoms with Gasteiger partial charge in [0.05, 0.1) is 5.69 Å². The highest BCUT2D eigenvalue weighted by atomic mass is 32.1. The van der Waals surface area contributed by atoms with Gasteiger partial charge in [0, 0.05) is 12.6 Å². The number of hydrogen-bond acceptors (Lipinski definition) is 3. The molecular formula is C16H15N3S. The van der Waals surface area contributed by atoms with Crippen LogP contribution in [-0.4, -0.2) is 16.0 Å². The molecule has 3 rings (SSSR count). The van der Waals surface area contributed by atoms with Gasteiger partial charge < -0.3 is 0 Å². The van der Waals surface area contributed by atoms with Crippen LogP contribution in [0.15, 0.2) is 59.6 Å². The highest BCUT2D eigenvalue weighted by Crippen LogP contribution is 2.22. The highest BCUT2D eigenvalue weighted by molar-refractivity contribution is 7.04. The second kappa shape index (κ2) is 5.43. The van der Waals surface area contributed by atoms with E-state index in [9.17, 15) is 0 Å². The largest absolute Gasteiger partial charge is 0.260 e. The lowest BCUT2D eigenvalue weighted by molar-refractivity contribution is 1.11. The van der Waals surface area contributed by atoms with Crippen LogP contribution < -0.4 is 4.80 Å². The fourth-order valence-electron chi connectivity index (χ4n) is 2.00. The summed E-state index contributed by atoms with van der Waals surface area (Å²) in [7, 11) is 1.77. The topological polar surface area (TPSA) is 30.2 Å². The van der Waals surface area contributed by atoms with E-state index in [1.807, 2.05) is 18.2 Å². The molecule has 0 radical (unpaired) electrons. The molecule has 0 aliphatic heterocycles. The SMILES string of the molecule is CN=c1nc(-c2ccccc2)n(-c2ccc(C)cc2)s1. The van der Waals surface area contributed by atoms with Crippen LogP contribution in [0.5, 0.6) is 0 Å². The first kappa shape index (κ1) is 12.8. The fraction of sp³-hybridized carbons (Fsp3) is 0.125. The molecule has 20 heavy (non-hydrogen) atoms. The summed E-state index contributed by atoms with van der Waals surface area (Å²) in [5.41, 5.74) is 3.46. The first-order valence-electron chi connectivity index (χ1n) is 6.43. The molecule has 0 saturated carbocycles. The van der Waals surface area contributed by atoms with Crippen molar-refractivity contribution in [2.24, 2.45) is 4.99 Å². The fourth-order valence-corrected chi connectivity index (χ4v) is 2.83. The van der Waals surface area contributed by atoms with Crippen molar-refractivity contribution in [2.75, 3.05) is 7.05 Å². The summed E-state index contributed by atoms with van der Waals surface area (Å²) >= 11 is 1.55. The van der Waals surface area contributed by atoms with Crippen LogP contribution in [-0.2, 0) is 0 Å². The van der Waals surface area contributed by atoms with Crippen LogP contribution in [0.25, 0.3) is 17.1 Å². The van der Waals surface area contributed by atoms with Gasteiger partial charge in [-0.05, 0) is 30.6 Å². The summed E-state index contributed by atoms with van der Waals surface area (Å²) in [6.07, 6.45) is 0. The number of rotatable bonds is 2. The molecule has 4 heteroatoms. The van der Waals surface area contributed by atoms with Crippen molar-refractivity contribution in [3.05, 3.63) is 65.0 Å². The molecule has 3 aromatic rings. The predicted molar refractivity (Wildman–Crippen MR) is 83.1 cm³/mol. The van der Waals surface area contributed by atoms with Gasteiger partial charge in [-0.1, -0.05) is 48.0 Å². The zero-order valence-electron chi connectivity index (χ0n) is 11.4. The van der Waals surface area contributed by atoms with E-state index >= 15 is 0 Å². The van der Waals surface area contributed by atoms with E-state index in [4.69, 9.17) is 0 Å². The number of aryl methyl sites for hydroxylation is 1. The molecule has 100 valence electrons. The Hall–Kier alpha value is -2.20. The van der Waals surface area contributed by atoms with Crippen LogP contribution >= 0.6 is 11.5 Å². The van der Waals surface area contributed by atoms with Gasteiger partial charge in [0.25, 0.3) is 0 Å². The van der Waals surface area contributed by atoms with Crippen molar-refractivity contribution in [3.8, 4) is 17.1 Å². The summed E-state index contributed by atoms with van der Waals surface area (Å²) in [4.78, 5) is 9.60. The van der Waals surface area contributed by atoms with Gasteiger partial charge in [-0.3, -0.25) is 4.99 Å². The predicted octanol–water partition coefficient (Wildman–Crippen LogP) is 3.44. The molecule has 0 saturated heterocycles. The van der Waals surface area contributed by atoms with Crippen molar-refractivity contribution in [1.29, 1.82) is 0 Å². The highest BCUT2D eigenvalue weighted by Gasteiger charge is 2.10. The third-order valence-electron chi connectivity index (χ3n) is 3.06. The number of nitrogens with zero attached hydrogens (tertiary/aromatic N) is 3. The Kier molecular flexibility index (Phi) is 3.48. The Morgan fingerprint density at radius 3 is 2.35 bits per heavy atom. The van der Waals surface area contributed by atoms with Crippen LogP contribution in [0.4, 0.5) is 0 Å². The minimum absolute atomic E-state index is 0.782. The molecule has 1 heterocycles. The number of aromatic nitrogens is 2. The lowest BCUT2D eigenvalue weighted by atomic mass is 10.2. The molecule has 0 spiro atoms. The lowest BCUT2D eigenvalue weighted by Gasteiger charge is -2.06. The standard InChI is InChI=1S/C16H15N3S/c1-12-8-10-14(11-9-12)19-15(18-16(17-2)20-19)13-6-4-3-5-7-13/h3-11H,1-2H3. The van der Waals surface area contributed by atoms with Gasteiger partial charge in [-0.15, -0.1) is 0 Å². The Bertz CT molecular complexity index is 767. The van der Waals surface area contributed by atoms with Gasteiger partial charge in [0.1, 0.15) is 0 Å². The van der Waals surface area contributed by atoms with E-state index in [2.05, 4.69) is 57.3 Å². The van der Waals surface area contributed by atoms with Gasteiger partial charge in [-0.2, -0.15) is 4.98 Å². The van der Waals surface area contributed by atoms with Gasteiger partial charge >= 0.3 is 0 Å². The second-order valence-electron chi connectivity index (χ2n) is 4.53. The second-order valence-corrected chi connectivity index (χ2v) is 5.44. The quantitative estimate of drug-likeness (QED) is 0.707. The van der Waals surface area contributed by atoms with Crippen molar-refractivity contribution < 1.29 is 0 Å². The smallest absolute Gasteiger partial charge is 0.222 e. The summed E-state index contributed by atoms with van der Waals surface area (Å²) in [6, 6.07) is 18.6. The normalized spacial score (nSPS) is 11.8. The Morgan fingerprint density at radius 1 is 1.00 bits per heavy atom. The van der Waals surface area contributed by atoms with Crippen molar-refractivity contribution in [2.45, 2.75) is 6.92 Å². The molecule has 0 unspecified atom stereocenters. The van der Waals surface area contributed by atoms with E-state index in [1.165, 1.54) is 5.56 Å². The maximum absolute atomic E-state index is 4.61. The van der Waals surface area contributed by atoms with Crippen molar-refractivity contribution in [1.82, 2.24) is 8.94 Å². The molecule has 0 amide bonds. The first-order valence-corrected chi connectivity index (χ1v) is 7.21. The Morgan fingerprint density at radius 2 is 1.70 bits per heavy atom. The van der Waals surface area contributed by atoms with Crippen LogP contribution in [0.2, 0.25) is 0 Å². The van der Waals surface area contributed by atoms with E-state index in [0.29, 0.717) is 0 Å². The summed E-state index contributed by atoms with van der Waals surface area (Å²) in [5, 5.41) is 0. The molecule has 0 fully saturated rings. The molecular weight excluding hydrogens is 266 g/mol. The first-order chi connectivity index (χ1) is 9.78. The molecule has 2 aromatic carbocycles. The molecule has 3 nitrogen and oxygen atoms in total. The van der Waals surface area contributed by atoms with E-state index in [1.54, 1.807) is 18.6 Å². The van der Waals surface area contributed by atoms with Crippen molar-refractivity contribution in [3.63, 3.8) is 0 Å². The number of hydrogen-bond donors (Lipinski definition) is 0. The minimum atomic E-state index is 0.782. The lowest BCUT2D eigenvalue weighted by Crippen LogP contribution is -1.96.